The molecule has 3 rings (SSSR count). The minimum atomic E-state index is -0.0300. The number of likely N-dealkylation sites (tertiary alicyclic amines) is 1. The fraction of sp³-hybridized carbons (Fsp3) is 0.400. The van der Waals surface area contributed by atoms with Crippen LogP contribution in [-0.4, -0.2) is 39.0 Å². The van der Waals surface area contributed by atoms with Crippen molar-refractivity contribution in [3.63, 3.8) is 0 Å². The summed E-state index contributed by atoms with van der Waals surface area (Å²) in [5.74, 6) is 0. The zero-order valence-electron chi connectivity index (χ0n) is 12.1. The van der Waals surface area contributed by atoms with Crippen LogP contribution in [0.15, 0.2) is 36.7 Å². The van der Waals surface area contributed by atoms with Crippen molar-refractivity contribution >= 4 is 11.7 Å². The number of nitrogens with one attached hydrogen (secondary N) is 1. The second-order valence-corrected chi connectivity index (χ2v) is 5.40. The van der Waals surface area contributed by atoms with Crippen LogP contribution in [0.1, 0.15) is 24.4 Å². The number of aromatic nitrogens is 3. The van der Waals surface area contributed by atoms with E-state index in [9.17, 15) is 4.79 Å². The normalized spacial score (nSPS) is 16.0. The van der Waals surface area contributed by atoms with Crippen LogP contribution in [0.25, 0.3) is 0 Å². The molecule has 0 atom stereocenters. The average molecular weight is 285 g/mol. The van der Waals surface area contributed by atoms with E-state index in [0.717, 1.165) is 37.2 Å². The summed E-state index contributed by atoms with van der Waals surface area (Å²) < 4.78 is 1.88. The molecule has 1 saturated heterocycles. The highest BCUT2D eigenvalue weighted by molar-refractivity contribution is 5.89. The number of rotatable bonds is 2. The molecule has 2 heterocycles. The molecule has 0 radical (unpaired) electrons. The Morgan fingerprint density at radius 2 is 2.14 bits per heavy atom. The maximum absolute atomic E-state index is 12.3. The van der Waals surface area contributed by atoms with Gasteiger partial charge in [-0.15, -0.1) is 5.10 Å². The molecule has 1 N–H and O–H groups in total. The summed E-state index contributed by atoms with van der Waals surface area (Å²) >= 11 is 0. The molecular weight excluding hydrogens is 266 g/mol. The van der Waals surface area contributed by atoms with E-state index in [1.807, 2.05) is 47.0 Å². The highest BCUT2D eigenvalue weighted by Gasteiger charge is 2.24. The monoisotopic (exact) mass is 285 g/mol. The Labute approximate surface area is 123 Å². The molecule has 0 unspecified atom stereocenters. The van der Waals surface area contributed by atoms with Gasteiger partial charge in [-0.2, -0.15) is 0 Å². The molecule has 1 aliphatic rings. The van der Waals surface area contributed by atoms with Crippen molar-refractivity contribution in [1.29, 1.82) is 0 Å². The number of hydrogen-bond acceptors (Lipinski definition) is 3. The highest BCUT2D eigenvalue weighted by atomic mass is 16.2. The van der Waals surface area contributed by atoms with E-state index in [-0.39, 0.29) is 6.03 Å². The van der Waals surface area contributed by atoms with Crippen LogP contribution in [0.2, 0.25) is 0 Å². The van der Waals surface area contributed by atoms with Crippen LogP contribution in [-0.2, 0) is 0 Å². The lowest BCUT2D eigenvalue weighted by atomic mass is 10.1. The zero-order chi connectivity index (χ0) is 14.7. The first-order valence-electron chi connectivity index (χ1n) is 7.21. The van der Waals surface area contributed by atoms with Crippen molar-refractivity contribution in [1.82, 2.24) is 19.9 Å². The Morgan fingerprint density at radius 1 is 1.33 bits per heavy atom. The van der Waals surface area contributed by atoms with Crippen LogP contribution in [0.4, 0.5) is 10.5 Å². The molecule has 21 heavy (non-hydrogen) atoms. The zero-order valence-corrected chi connectivity index (χ0v) is 12.1. The Hall–Kier alpha value is -2.37. The summed E-state index contributed by atoms with van der Waals surface area (Å²) in [5.41, 5.74) is 1.98. The number of benzene rings is 1. The molecule has 0 bridgehead atoms. The number of aryl methyl sites for hydroxylation is 1. The molecule has 0 aliphatic carbocycles. The van der Waals surface area contributed by atoms with Gasteiger partial charge in [0.2, 0.25) is 0 Å². The Bertz CT molecular complexity index is 602. The molecule has 6 heteroatoms. The van der Waals surface area contributed by atoms with Crippen molar-refractivity contribution in [2.45, 2.75) is 25.8 Å². The van der Waals surface area contributed by atoms with Gasteiger partial charge in [0.1, 0.15) is 0 Å². The first kappa shape index (κ1) is 13.6. The Kier molecular flexibility index (Phi) is 3.85. The number of urea groups is 1. The lowest BCUT2D eigenvalue weighted by Crippen LogP contribution is -2.41. The number of amides is 2. The highest BCUT2D eigenvalue weighted by Crippen LogP contribution is 2.21. The number of nitrogens with zero attached hydrogens (tertiary/aromatic N) is 4. The van der Waals surface area contributed by atoms with Gasteiger partial charge in [0.05, 0.1) is 12.2 Å². The quantitative estimate of drug-likeness (QED) is 0.922. The minimum Gasteiger partial charge on any atom is -0.324 e. The first-order valence-corrected chi connectivity index (χ1v) is 7.21. The van der Waals surface area contributed by atoms with Gasteiger partial charge in [0.25, 0.3) is 0 Å². The molecule has 0 saturated carbocycles. The molecule has 1 aliphatic heterocycles. The number of anilines is 1. The molecule has 110 valence electrons. The summed E-state index contributed by atoms with van der Waals surface area (Å²) in [4.78, 5) is 14.1. The molecule has 2 aromatic rings. The predicted molar refractivity (Wildman–Crippen MR) is 80.1 cm³/mol. The van der Waals surface area contributed by atoms with Crippen LogP contribution in [0.5, 0.6) is 0 Å². The molecule has 2 amide bonds. The van der Waals surface area contributed by atoms with Gasteiger partial charge in [-0.3, -0.25) is 0 Å². The Balaban J connectivity index is 1.55. The van der Waals surface area contributed by atoms with E-state index in [4.69, 9.17) is 0 Å². The van der Waals surface area contributed by atoms with Gasteiger partial charge < -0.3 is 10.2 Å². The Morgan fingerprint density at radius 3 is 2.81 bits per heavy atom. The molecule has 1 fully saturated rings. The van der Waals surface area contributed by atoms with Crippen LogP contribution in [0, 0.1) is 6.92 Å². The summed E-state index contributed by atoms with van der Waals surface area (Å²) in [6.45, 7) is 3.49. The van der Waals surface area contributed by atoms with E-state index < -0.39 is 0 Å². The third-order valence-corrected chi connectivity index (χ3v) is 3.84. The maximum atomic E-state index is 12.3. The van der Waals surface area contributed by atoms with Crippen molar-refractivity contribution in [3.8, 4) is 0 Å². The summed E-state index contributed by atoms with van der Waals surface area (Å²) in [6.07, 6.45) is 5.39. The molecular formula is C15H19N5O. The number of piperidine rings is 1. The van der Waals surface area contributed by atoms with Crippen molar-refractivity contribution in [3.05, 3.63) is 42.2 Å². The van der Waals surface area contributed by atoms with E-state index >= 15 is 0 Å². The second kappa shape index (κ2) is 5.95. The maximum Gasteiger partial charge on any atom is 0.321 e. The van der Waals surface area contributed by atoms with Gasteiger partial charge in [-0.05, 0) is 37.5 Å². The standard InChI is InChI=1S/C15H19N5O/c1-12-3-2-4-13(11-12)17-15(21)19-8-5-14(6-9-19)20-10-7-16-18-20/h2-4,7,10-11,14H,5-6,8-9H2,1H3,(H,17,21). The van der Waals surface area contributed by atoms with Gasteiger partial charge in [-0.25, -0.2) is 9.48 Å². The fourth-order valence-corrected chi connectivity index (χ4v) is 2.67. The van der Waals surface area contributed by atoms with E-state index in [2.05, 4.69) is 15.6 Å². The van der Waals surface area contributed by atoms with Crippen molar-refractivity contribution in [2.75, 3.05) is 18.4 Å². The summed E-state index contributed by atoms with van der Waals surface area (Å²) in [7, 11) is 0. The van der Waals surface area contributed by atoms with E-state index in [0.29, 0.717) is 6.04 Å². The number of carbonyl (C=O) groups is 1. The minimum absolute atomic E-state index is 0.0300. The lowest BCUT2D eigenvalue weighted by Gasteiger charge is -2.31. The van der Waals surface area contributed by atoms with E-state index in [1.54, 1.807) is 6.20 Å². The largest absolute Gasteiger partial charge is 0.324 e. The second-order valence-electron chi connectivity index (χ2n) is 5.40. The summed E-state index contributed by atoms with van der Waals surface area (Å²) in [6, 6.07) is 8.15. The molecule has 6 nitrogen and oxygen atoms in total. The molecule has 0 spiro atoms. The number of carbonyl (C=O) groups excluding carboxylic acids is 1. The number of hydrogen-bond donors (Lipinski definition) is 1. The third-order valence-electron chi connectivity index (χ3n) is 3.84. The van der Waals surface area contributed by atoms with Crippen LogP contribution < -0.4 is 5.32 Å². The van der Waals surface area contributed by atoms with Gasteiger partial charge >= 0.3 is 6.03 Å². The van der Waals surface area contributed by atoms with Crippen molar-refractivity contribution in [2.24, 2.45) is 0 Å². The van der Waals surface area contributed by atoms with Crippen molar-refractivity contribution < 1.29 is 4.79 Å². The third kappa shape index (κ3) is 3.21. The van der Waals surface area contributed by atoms with Gasteiger partial charge in [-0.1, -0.05) is 17.3 Å². The fourth-order valence-electron chi connectivity index (χ4n) is 2.67. The topological polar surface area (TPSA) is 63.1 Å². The summed E-state index contributed by atoms with van der Waals surface area (Å²) in [5, 5.41) is 10.8. The van der Waals surface area contributed by atoms with E-state index in [1.165, 1.54) is 0 Å². The van der Waals surface area contributed by atoms with Crippen LogP contribution in [0.3, 0.4) is 0 Å². The molecule has 1 aromatic heterocycles. The SMILES string of the molecule is Cc1cccc(NC(=O)N2CCC(n3ccnn3)CC2)c1. The first-order chi connectivity index (χ1) is 10.2. The average Bonchev–Trinajstić information content (AvgIpc) is 3.01. The van der Waals surface area contributed by atoms with Gasteiger partial charge in [0.15, 0.2) is 0 Å². The lowest BCUT2D eigenvalue weighted by molar-refractivity contribution is 0.179. The van der Waals surface area contributed by atoms with Crippen LogP contribution >= 0.6 is 0 Å². The predicted octanol–water partition coefficient (Wildman–Crippen LogP) is 2.46. The smallest absolute Gasteiger partial charge is 0.321 e. The van der Waals surface area contributed by atoms with Gasteiger partial charge in [0, 0.05) is 25.0 Å². The molecule has 1 aromatic carbocycles.